The molecule has 1 unspecified atom stereocenters. The number of carbonyl (C=O) groups is 1. The molecule has 1 aromatic rings. The standard InChI is InChI=1S/C16H24N2O2/c1-4-16(3,15(19)20-5-2)12-13-10-11-18(17-13)14-8-6-7-9-14/h4,10-11,14H,1,5-9,12H2,2-3H3. The van der Waals surface area contributed by atoms with Crippen LogP contribution in [0.5, 0.6) is 0 Å². The van der Waals surface area contributed by atoms with Gasteiger partial charge in [-0.25, -0.2) is 0 Å². The summed E-state index contributed by atoms with van der Waals surface area (Å²) in [6.07, 6.45) is 9.21. The normalized spacial score (nSPS) is 18.7. The number of hydrogen-bond acceptors (Lipinski definition) is 3. The Morgan fingerprint density at radius 2 is 2.30 bits per heavy atom. The molecule has 1 heterocycles. The van der Waals surface area contributed by atoms with Gasteiger partial charge in [-0.15, -0.1) is 6.58 Å². The average Bonchev–Trinajstić information content (AvgIpc) is 3.09. The Balaban J connectivity index is 2.07. The summed E-state index contributed by atoms with van der Waals surface area (Å²) in [5, 5.41) is 4.63. The van der Waals surface area contributed by atoms with Crippen LogP contribution in [0.25, 0.3) is 0 Å². The van der Waals surface area contributed by atoms with Gasteiger partial charge in [0.15, 0.2) is 0 Å². The Labute approximate surface area is 120 Å². The van der Waals surface area contributed by atoms with Crippen molar-refractivity contribution in [3.63, 3.8) is 0 Å². The maximum atomic E-state index is 12.0. The zero-order valence-electron chi connectivity index (χ0n) is 12.5. The van der Waals surface area contributed by atoms with Crippen molar-refractivity contribution in [2.45, 2.75) is 52.0 Å². The maximum Gasteiger partial charge on any atom is 0.316 e. The Morgan fingerprint density at radius 3 is 2.90 bits per heavy atom. The minimum absolute atomic E-state index is 0.231. The van der Waals surface area contributed by atoms with Gasteiger partial charge in [0.2, 0.25) is 0 Å². The molecule has 0 bridgehead atoms. The van der Waals surface area contributed by atoms with Gasteiger partial charge in [-0.1, -0.05) is 18.9 Å². The Bertz CT molecular complexity index is 475. The lowest BCUT2D eigenvalue weighted by Gasteiger charge is -2.22. The highest BCUT2D eigenvalue weighted by Crippen LogP contribution is 2.30. The maximum absolute atomic E-state index is 12.0. The van der Waals surface area contributed by atoms with Crippen LogP contribution in [0.4, 0.5) is 0 Å². The van der Waals surface area contributed by atoms with Crippen molar-refractivity contribution in [2.75, 3.05) is 6.61 Å². The fraction of sp³-hybridized carbons (Fsp3) is 0.625. The SMILES string of the molecule is C=CC(C)(Cc1ccn(C2CCCC2)n1)C(=O)OCC. The summed E-state index contributed by atoms with van der Waals surface area (Å²) in [7, 11) is 0. The van der Waals surface area contributed by atoms with Gasteiger partial charge in [0, 0.05) is 12.6 Å². The fourth-order valence-electron chi connectivity index (χ4n) is 2.74. The first-order valence-corrected chi connectivity index (χ1v) is 7.44. The van der Waals surface area contributed by atoms with E-state index in [-0.39, 0.29) is 5.97 Å². The van der Waals surface area contributed by atoms with Gasteiger partial charge in [-0.05, 0) is 32.8 Å². The highest BCUT2D eigenvalue weighted by atomic mass is 16.5. The molecule has 0 N–H and O–H groups in total. The molecule has 1 aliphatic carbocycles. The molecular formula is C16H24N2O2. The third-order valence-electron chi connectivity index (χ3n) is 4.10. The van der Waals surface area contributed by atoms with Crippen molar-refractivity contribution in [1.29, 1.82) is 0 Å². The van der Waals surface area contributed by atoms with Crippen LogP contribution in [0, 0.1) is 5.41 Å². The molecule has 0 amide bonds. The van der Waals surface area contributed by atoms with Crippen molar-refractivity contribution in [2.24, 2.45) is 5.41 Å². The van der Waals surface area contributed by atoms with Gasteiger partial charge in [0.1, 0.15) is 0 Å². The smallest absolute Gasteiger partial charge is 0.316 e. The van der Waals surface area contributed by atoms with E-state index >= 15 is 0 Å². The first kappa shape index (κ1) is 14.8. The zero-order chi connectivity index (χ0) is 14.6. The monoisotopic (exact) mass is 276 g/mol. The predicted octanol–water partition coefficient (Wildman–Crippen LogP) is 3.30. The highest BCUT2D eigenvalue weighted by Gasteiger charge is 2.32. The van der Waals surface area contributed by atoms with Crippen LogP contribution >= 0.6 is 0 Å². The molecule has 1 fully saturated rings. The molecule has 0 aliphatic heterocycles. The Kier molecular flexibility index (Phi) is 4.63. The molecular weight excluding hydrogens is 252 g/mol. The third-order valence-corrected chi connectivity index (χ3v) is 4.10. The molecule has 2 rings (SSSR count). The van der Waals surface area contributed by atoms with Gasteiger partial charge in [-0.3, -0.25) is 9.48 Å². The first-order chi connectivity index (χ1) is 9.59. The van der Waals surface area contributed by atoms with E-state index in [1.54, 1.807) is 6.08 Å². The van der Waals surface area contributed by atoms with E-state index < -0.39 is 5.41 Å². The molecule has 1 atom stereocenters. The summed E-state index contributed by atoms with van der Waals surface area (Å²) in [4.78, 5) is 12.0. The summed E-state index contributed by atoms with van der Waals surface area (Å²) < 4.78 is 7.18. The van der Waals surface area contributed by atoms with E-state index in [4.69, 9.17) is 4.74 Å². The molecule has 4 nitrogen and oxygen atoms in total. The summed E-state index contributed by atoms with van der Waals surface area (Å²) in [6.45, 7) is 7.84. The lowest BCUT2D eigenvalue weighted by atomic mass is 9.86. The summed E-state index contributed by atoms with van der Waals surface area (Å²) in [5.74, 6) is -0.231. The largest absolute Gasteiger partial charge is 0.465 e. The number of ether oxygens (including phenoxy) is 1. The van der Waals surface area contributed by atoms with Crippen LogP contribution in [0.3, 0.4) is 0 Å². The Hall–Kier alpha value is -1.58. The van der Waals surface area contributed by atoms with Crippen molar-refractivity contribution >= 4 is 5.97 Å². The number of carbonyl (C=O) groups excluding carboxylic acids is 1. The molecule has 20 heavy (non-hydrogen) atoms. The average molecular weight is 276 g/mol. The second-order valence-electron chi connectivity index (χ2n) is 5.74. The summed E-state index contributed by atoms with van der Waals surface area (Å²) in [6, 6.07) is 2.53. The molecule has 4 heteroatoms. The third kappa shape index (κ3) is 3.11. The van der Waals surface area contributed by atoms with E-state index in [0.717, 1.165) is 5.69 Å². The van der Waals surface area contributed by atoms with Gasteiger partial charge < -0.3 is 4.74 Å². The van der Waals surface area contributed by atoms with Gasteiger partial charge in [0.25, 0.3) is 0 Å². The lowest BCUT2D eigenvalue weighted by molar-refractivity contribution is -0.151. The van der Waals surface area contributed by atoms with Crippen LogP contribution in [0.1, 0.15) is 51.3 Å². The van der Waals surface area contributed by atoms with E-state index in [1.165, 1.54) is 25.7 Å². The summed E-state index contributed by atoms with van der Waals surface area (Å²) in [5.41, 5.74) is 0.220. The first-order valence-electron chi connectivity index (χ1n) is 7.44. The van der Waals surface area contributed by atoms with Crippen molar-refractivity contribution in [3.05, 3.63) is 30.6 Å². The number of nitrogens with zero attached hydrogens (tertiary/aromatic N) is 2. The predicted molar refractivity (Wildman–Crippen MR) is 78.4 cm³/mol. The lowest BCUT2D eigenvalue weighted by Crippen LogP contribution is -2.30. The number of rotatable bonds is 6. The van der Waals surface area contributed by atoms with Crippen LogP contribution in [0.15, 0.2) is 24.9 Å². The topological polar surface area (TPSA) is 44.1 Å². The number of hydrogen-bond donors (Lipinski definition) is 0. The molecule has 0 saturated heterocycles. The number of esters is 1. The quantitative estimate of drug-likeness (QED) is 0.591. The second-order valence-corrected chi connectivity index (χ2v) is 5.74. The van der Waals surface area contributed by atoms with Gasteiger partial charge in [-0.2, -0.15) is 5.10 Å². The van der Waals surface area contributed by atoms with Crippen molar-refractivity contribution < 1.29 is 9.53 Å². The van der Waals surface area contributed by atoms with Crippen molar-refractivity contribution in [1.82, 2.24) is 9.78 Å². The van der Waals surface area contributed by atoms with Gasteiger partial charge >= 0.3 is 5.97 Å². The molecule has 110 valence electrons. The highest BCUT2D eigenvalue weighted by molar-refractivity contribution is 5.78. The van der Waals surface area contributed by atoms with E-state index in [2.05, 4.69) is 16.4 Å². The fourth-order valence-corrected chi connectivity index (χ4v) is 2.74. The van der Waals surface area contributed by atoms with E-state index in [0.29, 0.717) is 19.1 Å². The molecule has 0 spiro atoms. The zero-order valence-corrected chi connectivity index (χ0v) is 12.5. The molecule has 1 aromatic heterocycles. The minimum atomic E-state index is -0.704. The number of aromatic nitrogens is 2. The Morgan fingerprint density at radius 1 is 1.60 bits per heavy atom. The second kappa shape index (κ2) is 6.25. The van der Waals surface area contributed by atoms with E-state index in [9.17, 15) is 4.79 Å². The van der Waals surface area contributed by atoms with Crippen molar-refractivity contribution in [3.8, 4) is 0 Å². The van der Waals surface area contributed by atoms with Crippen LogP contribution in [-0.4, -0.2) is 22.4 Å². The molecule has 0 aromatic carbocycles. The molecule has 1 saturated carbocycles. The van der Waals surface area contributed by atoms with Gasteiger partial charge in [0.05, 0.1) is 23.8 Å². The van der Waals surface area contributed by atoms with Crippen LogP contribution < -0.4 is 0 Å². The van der Waals surface area contributed by atoms with Crippen LogP contribution in [0.2, 0.25) is 0 Å². The molecule has 1 aliphatic rings. The minimum Gasteiger partial charge on any atom is -0.465 e. The van der Waals surface area contributed by atoms with E-state index in [1.807, 2.05) is 26.1 Å². The summed E-state index contributed by atoms with van der Waals surface area (Å²) >= 11 is 0. The molecule has 0 radical (unpaired) electrons. The van der Waals surface area contributed by atoms with Crippen LogP contribution in [-0.2, 0) is 16.0 Å².